The number of rotatable bonds is 6. The normalized spacial score (nSPS) is 10.9. The summed E-state index contributed by atoms with van der Waals surface area (Å²) in [5.74, 6) is 0.699. The van der Waals surface area contributed by atoms with E-state index < -0.39 is 0 Å². The van der Waals surface area contributed by atoms with E-state index in [1.54, 1.807) is 18.5 Å². The molecule has 0 aliphatic heterocycles. The second kappa shape index (κ2) is 9.33. The molecule has 2 heterocycles. The highest BCUT2D eigenvalue weighted by Crippen LogP contribution is 2.23. The molecular formula is C26H20ClN5O2. The summed E-state index contributed by atoms with van der Waals surface area (Å²) in [7, 11) is 0. The van der Waals surface area contributed by atoms with Gasteiger partial charge in [0.05, 0.1) is 6.33 Å². The van der Waals surface area contributed by atoms with Crippen molar-refractivity contribution in [3.05, 3.63) is 107 Å². The number of carbonyl (C=O) groups is 1. The van der Waals surface area contributed by atoms with Gasteiger partial charge in [0.2, 0.25) is 5.82 Å². The molecule has 168 valence electrons. The number of anilines is 1. The van der Waals surface area contributed by atoms with Gasteiger partial charge in [-0.3, -0.25) is 4.79 Å². The van der Waals surface area contributed by atoms with Crippen LogP contribution in [0.5, 0.6) is 0 Å². The molecule has 0 aliphatic carbocycles. The van der Waals surface area contributed by atoms with Crippen LogP contribution in [0.25, 0.3) is 23.0 Å². The Morgan fingerprint density at radius 2 is 1.79 bits per heavy atom. The van der Waals surface area contributed by atoms with E-state index in [1.807, 2.05) is 78.4 Å². The van der Waals surface area contributed by atoms with Crippen LogP contribution in [0.3, 0.4) is 0 Å². The van der Waals surface area contributed by atoms with Crippen LogP contribution in [-0.2, 0) is 6.54 Å². The Morgan fingerprint density at radius 3 is 2.56 bits per heavy atom. The van der Waals surface area contributed by atoms with Crippen LogP contribution in [0.15, 0.2) is 89.8 Å². The molecule has 0 unspecified atom stereocenters. The van der Waals surface area contributed by atoms with E-state index in [4.69, 9.17) is 16.1 Å². The summed E-state index contributed by atoms with van der Waals surface area (Å²) >= 11 is 5.94. The molecule has 34 heavy (non-hydrogen) atoms. The average Bonchev–Trinajstić information content (AvgIpc) is 3.51. The molecule has 0 aliphatic rings. The predicted molar refractivity (Wildman–Crippen MR) is 131 cm³/mol. The van der Waals surface area contributed by atoms with Crippen molar-refractivity contribution in [2.75, 3.05) is 5.32 Å². The first-order valence-corrected chi connectivity index (χ1v) is 11.0. The average molecular weight is 470 g/mol. The highest BCUT2D eigenvalue weighted by atomic mass is 35.5. The molecule has 1 N–H and O–H groups in total. The van der Waals surface area contributed by atoms with Crippen LogP contribution in [0.4, 0.5) is 5.69 Å². The molecular weight excluding hydrogens is 450 g/mol. The van der Waals surface area contributed by atoms with Crippen LogP contribution >= 0.6 is 11.6 Å². The number of nitrogens with one attached hydrogen (secondary N) is 1. The number of imidazole rings is 1. The lowest BCUT2D eigenvalue weighted by Crippen LogP contribution is -2.13. The summed E-state index contributed by atoms with van der Waals surface area (Å²) in [5.41, 5.74) is 4.81. The Kier molecular flexibility index (Phi) is 5.93. The lowest BCUT2D eigenvalue weighted by molar-refractivity contribution is 0.102. The number of nitrogens with zero attached hydrogens (tertiary/aromatic N) is 4. The fraction of sp³-hybridized carbons (Fsp3) is 0.0769. The molecule has 0 saturated carbocycles. The number of hydrogen-bond acceptors (Lipinski definition) is 5. The highest BCUT2D eigenvalue weighted by Gasteiger charge is 2.13. The zero-order valence-corrected chi connectivity index (χ0v) is 19.0. The van der Waals surface area contributed by atoms with Crippen molar-refractivity contribution in [3.8, 4) is 23.0 Å². The molecule has 7 nitrogen and oxygen atoms in total. The van der Waals surface area contributed by atoms with Gasteiger partial charge in [-0.05, 0) is 60.5 Å². The van der Waals surface area contributed by atoms with E-state index in [-0.39, 0.29) is 5.91 Å². The largest absolute Gasteiger partial charge is 0.332 e. The zero-order chi connectivity index (χ0) is 23.5. The summed E-state index contributed by atoms with van der Waals surface area (Å²) in [6, 6.07) is 22.5. The van der Waals surface area contributed by atoms with Gasteiger partial charge in [-0.1, -0.05) is 47.1 Å². The monoisotopic (exact) mass is 469 g/mol. The Labute approximate surface area is 201 Å². The Bertz CT molecular complexity index is 1440. The topological polar surface area (TPSA) is 85.8 Å². The van der Waals surface area contributed by atoms with Gasteiger partial charge >= 0.3 is 0 Å². The number of hydrogen-bond donors (Lipinski definition) is 1. The van der Waals surface area contributed by atoms with Crippen LogP contribution in [0.1, 0.15) is 21.5 Å². The quantitative estimate of drug-likeness (QED) is 0.336. The molecule has 0 bridgehead atoms. The second-order valence-corrected chi connectivity index (χ2v) is 8.26. The number of aromatic nitrogens is 4. The standard InChI is InChI=1S/C26H20ClN5O2/c1-17-4-2-3-5-22(17)25(33)29-21-12-6-18(7-13-21)14-32-15-23(28-16-32)26-30-24(31-34-26)19-8-10-20(27)11-9-19/h2-13,15-16H,14H2,1H3,(H,29,33). The molecule has 0 radical (unpaired) electrons. The Balaban J connectivity index is 1.24. The van der Waals surface area contributed by atoms with Crippen LogP contribution in [0.2, 0.25) is 5.02 Å². The fourth-order valence-electron chi connectivity index (χ4n) is 3.53. The SMILES string of the molecule is Cc1ccccc1C(=O)Nc1ccc(Cn2cnc(-c3nc(-c4ccc(Cl)cc4)no3)c2)cc1. The lowest BCUT2D eigenvalue weighted by atomic mass is 10.1. The number of benzene rings is 3. The van der Waals surface area contributed by atoms with Crippen LogP contribution in [-0.4, -0.2) is 25.6 Å². The third-order valence-electron chi connectivity index (χ3n) is 5.35. The van der Waals surface area contributed by atoms with Crippen LogP contribution < -0.4 is 5.32 Å². The summed E-state index contributed by atoms with van der Waals surface area (Å²) in [5, 5.41) is 7.62. The van der Waals surface area contributed by atoms with Gasteiger partial charge in [0.25, 0.3) is 11.8 Å². The van der Waals surface area contributed by atoms with Crippen molar-refractivity contribution < 1.29 is 9.32 Å². The van der Waals surface area contributed by atoms with Crippen molar-refractivity contribution >= 4 is 23.2 Å². The first-order chi connectivity index (χ1) is 16.5. The van der Waals surface area contributed by atoms with E-state index >= 15 is 0 Å². The maximum absolute atomic E-state index is 12.5. The van der Waals surface area contributed by atoms with Crippen molar-refractivity contribution in [2.45, 2.75) is 13.5 Å². The Hall–Kier alpha value is -4.23. The number of carbonyl (C=O) groups excluding carboxylic acids is 1. The molecule has 0 saturated heterocycles. The third-order valence-corrected chi connectivity index (χ3v) is 5.60. The molecule has 8 heteroatoms. The van der Waals surface area contributed by atoms with Crippen molar-refractivity contribution in [1.29, 1.82) is 0 Å². The second-order valence-electron chi connectivity index (χ2n) is 7.83. The minimum atomic E-state index is -0.123. The maximum atomic E-state index is 12.5. The molecule has 0 spiro atoms. The fourth-order valence-corrected chi connectivity index (χ4v) is 3.66. The van der Waals surface area contributed by atoms with Crippen molar-refractivity contribution in [3.63, 3.8) is 0 Å². The van der Waals surface area contributed by atoms with Crippen LogP contribution in [0, 0.1) is 6.92 Å². The molecule has 3 aromatic carbocycles. The molecule has 5 aromatic rings. The molecule has 1 amide bonds. The van der Waals surface area contributed by atoms with E-state index in [9.17, 15) is 4.79 Å². The minimum Gasteiger partial charge on any atom is -0.332 e. The summed E-state index contributed by atoms with van der Waals surface area (Å²) in [4.78, 5) is 21.3. The van der Waals surface area contributed by atoms with Gasteiger partial charge in [0.1, 0.15) is 5.69 Å². The van der Waals surface area contributed by atoms with Gasteiger partial charge in [-0.15, -0.1) is 0 Å². The van der Waals surface area contributed by atoms with E-state index in [0.717, 1.165) is 22.4 Å². The van der Waals surface area contributed by atoms with Gasteiger partial charge < -0.3 is 14.4 Å². The minimum absolute atomic E-state index is 0.123. The number of amides is 1. The first kappa shape index (κ1) is 21.6. The summed E-state index contributed by atoms with van der Waals surface area (Å²) in [6.45, 7) is 2.53. The molecule has 5 rings (SSSR count). The van der Waals surface area contributed by atoms with E-state index in [2.05, 4.69) is 20.4 Å². The van der Waals surface area contributed by atoms with Crippen molar-refractivity contribution in [2.24, 2.45) is 0 Å². The predicted octanol–water partition coefficient (Wildman–Crippen LogP) is 5.86. The number of aryl methyl sites for hydroxylation is 1. The first-order valence-electron chi connectivity index (χ1n) is 10.6. The third kappa shape index (κ3) is 4.74. The number of halogens is 1. The lowest BCUT2D eigenvalue weighted by Gasteiger charge is -2.09. The Morgan fingerprint density at radius 1 is 1.03 bits per heavy atom. The molecule has 0 fully saturated rings. The van der Waals surface area contributed by atoms with E-state index in [1.165, 1.54) is 0 Å². The maximum Gasteiger partial charge on any atom is 0.278 e. The summed E-state index contributed by atoms with van der Waals surface area (Å²) < 4.78 is 7.32. The van der Waals surface area contributed by atoms with Gasteiger partial charge in [0.15, 0.2) is 0 Å². The molecule has 2 aromatic heterocycles. The summed E-state index contributed by atoms with van der Waals surface area (Å²) in [6.07, 6.45) is 3.57. The highest BCUT2D eigenvalue weighted by molar-refractivity contribution is 6.30. The smallest absolute Gasteiger partial charge is 0.278 e. The van der Waals surface area contributed by atoms with Gasteiger partial charge in [-0.25, -0.2) is 4.98 Å². The van der Waals surface area contributed by atoms with Gasteiger partial charge in [-0.2, -0.15) is 4.98 Å². The zero-order valence-electron chi connectivity index (χ0n) is 18.3. The van der Waals surface area contributed by atoms with E-state index in [0.29, 0.717) is 34.5 Å². The van der Waals surface area contributed by atoms with Gasteiger partial charge in [0, 0.05) is 34.6 Å². The molecule has 0 atom stereocenters. The van der Waals surface area contributed by atoms with Crippen molar-refractivity contribution in [1.82, 2.24) is 19.7 Å².